The van der Waals surface area contributed by atoms with Crippen molar-refractivity contribution in [3.63, 3.8) is 0 Å². The van der Waals surface area contributed by atoms with Crippen LogP contribution >= 0.6 is 0 Å². The second kappa shape index (κ2) is 9.78. The fourth-order valence-electron chi connectivity index (χ4n) is 2.37. The molecule has 6 nitrogen and oxygen atoms in total. The molecule has 0 heterocycles. The van der Waals surface area contributed by atoms with Crippen LogP contribution in [0.5, 0.6) is 11.5 Å². The van der Waals surface area contributed by atoms with Crippen molar-refractivity contribution in [2.24, 2.45) is 5.41 Å². The minimum atomic E-state index is -0.525. The summed E-state index contributed by atoms with van der Waals surface area (Å²) < 4.78 is 11.2. The number of carbonyl (C=O) groups is 2. The lowest BCUT2D eigenvalue weighted by molar-refractivity contribution is -0.131. The highest BCUT2D eigenvalue weighted by molar-refractivity contribution is 5.87. The van der Waals surface area contributed by atoms with Gasteiger partial charge < -0.3 is 20.1 Å². The van der Waals surface area contributed by atoms with E-state index >= 15 is 0 Å². The van der Waals surface area contributed by atoms with E-state index in [1.54, 1.807) is 27.9 Å². The summed E-state index contributed by atoms with van der Waals surface area (Å²) in [5.74, 6) is 0.827. The fraction of sp³-hybridized carbons (Fsp3) is 0.364. The van der Waals surface area contributed by atoms with Crippen LogP contribution in [0.3, 0.4) is 0 Å². The quantitative estimate of drug-likeness (QED) is 0.733. The van der Waals surface area contributed by atoms with Crippen molar-refractivity contribution in [3.05, 3.63) is 59.7 Å². The highest BCUT2D eigenvalue weighted by Crippen LogP contribution is 2.28. The Labute approximate surface area is 166 Å². The Morgan fingerprint density at radius 3 is 2.29 bits per heavy atom. The van der Waals surface area contributed by atoms with Gasteiger partial charge in [0.2, 0.25) is 11.8 Å². The van der Waals surface area contributed by atoms with E-state index in [1.807, 2.05) is 48.5 Å². The molecule has 0 aliphatic rings. The van der Waals surface area contributed by atoms with Gasteiger partial charge in [-0.1, -0.05) is 57.2 Å². The molecule has 6 heteroatoms. The van der Waals surface area contributed by atoms with Gasteiger partial charge in [-0.05, 0) is 23.3 Å². The Morgan fingerprint density at radius 1 is 0.929 bits per heavy atom. The van der Waals surface area contributed by atoms with Crippen LogP contribution in [-0.4, -0.2) is 25.5 Å². The van der Waals surface area contributed by atoms with Crippen molar-refractivity contribution in [3.8, 4) is 11.5 Å². The molecule has 150 valence electrons. The van der Waals surface area contributed by atoms with Gasteiger partial charge in [-0.15, -0.1) is 0 Å². The number of nitrogens with one attached hydrogen (secondary N) is 2. The maximum absolute atomic E-state index is 11.9. The average molecular weight is 384 g/mol. The SMILES string of the molecule is COc1cc(CNC(=O)CNC(=O)C(C)(C)C)ccc1OCc1ccccc1. The number of ether oxygens (including phenoxy) is 2. The van der Waals surface area contributed by atoms with E-state index in [0.29, 0.717) is 24.7 Å². The molecule has 0 spiro atoms. The van der Waals surface area contributed by atoms with Crippen molar-refractivity contribution >= 4 is 11.8 Å². The number of hydrogen-bond acceptors (Lipinski definition) is 4. The van der Waals surface area contributed by atoms with E-state index < -0.39 is 5.41 Å². The van der Waals surface area contributed by atoms with Gasteiger partial charge in [-0.25, -0.2) is 0 Å². The van der Waals surface area contributed by atoms with Crippen LogP contribution in [0.1, 0.15) is 31.9 Å². The summed E-state index contributed by atoms with van der Waals surface area (Å²) >= 11 is 0. The van der Waals surface area contributed by atoms with Crippen LogP contribution < -0.4 is 20.1 Å². The molecule has 0 aromatic heterocycles. The molecule has 0 saturated carbocycles. The number of benzene rings is 2. The first-order chi connectivity index (χ1) is 13.3. The zero-order chi connectivity index (χ0) is 20.6. The first-order valence-corrected chi connectivity index (χ1v) is 9.18. The molecular formula is C22H28N2O4. The molecular weight excluding hydrogens is 356 g/mol. The zero-order valence-corrected chi connectivity index (χ0v) is 16.9. The zero-order valence-electron chi connectivity index (χ0n) is 16.9. The summed E-state index contributed by atoms with van der Waals surface area (Å²) in [6, 6.07) is 15.4. The highest BCUT2D eigenvalue weighted by atomic mass is 16.5. The summed E-state index contributed by atoms with van der Waals surface area (Å²) in [5.41, 5.74) is 1.42. The summed E-state index contributed by atoms with van der Waals surface area (Å²) in [5, 5.41) is 5.41. The molecule has 0 radical (unpaired) electrons. The normalized spacial score (nSPS) is 10.9. The Morgan fingerprint density at radius 2 is 1.64 bits per heavy atom. The first-order valence-electron chi connectivity index (χ1n) is 9.18. The maximum Gasteiger partial charge on any atom is 0.239 e. The minimum absolute atomic E-state index is 0.0501. The van der Waals surface area contributed by atoms with Crippen molar-refractivity contribution in [2.75, 3.05) is 13.7 Å². The minimum Gasteiger partial charge on any atom is -0.493 e. The largest absolute Gasteiger partial charge is 0.493 e. The Kier molecular flexibility index (Phi) is 7.44. The molecule has 2 aromatic rings. The lowest BCUT2D eigenvalue weighted by Crippen LogP contribution is -2.41. The summed E-state index contributed by atoms with van der Waals surface area (Å²) in [6.07, 6.45) is 0. The van der Waals surface area contributed by atoms with Gasteiger partial charge in [0, 0.05) is 12.0 Å². The molecule has 0 unspecified atom stereocenters. The van der Waals surface area contributed by atoms with E-state index in [1.165, 1.54) is 0 Å². The summed E-state index contributed by atoms with van der Waals surface area (Å²) in [4.78, 5) is 23.8. The monoisotopic (exact) mass is 384 g/mol. The molecule has 0 fully saturated rings. The van der Waals surface area contributed by atoms with Gasteiger partial charge >= 0.3 is 0 Å². The smallest absolute Gasteiger partial charge is 0.239 e. The van der Waals surface area contributed by atoms with Crippen molar-refractivity contribution < 1.29 is 19.1 Å². The lowest BCUT2D eigenvalue weighted by atomic mass is 9.96. The fourth-order valence-corrected chi connectivity index (χ4v) is 2.37. The van der Waals surface area contributed by atoms with Crippen LogP contribution in [0, 0.1) is 5.41 Å². The van der Waals surface area contributed by atoms with E-state index in [9.17, 15) is 9.59 Å². The molecule has 2 amide bonds. The van der Waals surface area contributed by atoms with E-state index in [4.69, 9.17) is 9.47 Å². The third-order valence-electron chi connectivity index (χ3n) is 4.05. The molecule has 28 heavy (non-hydrogen) atoms. The number of amides is 2. The molecule has 0 atom stereocenters. The van der Waals surface area contributed by atoms with Crippen molar-refractivity contribution in [2.45, 2.75) is 33.9 Å². The van der Waals surface area contributed by atoms with E-state index in [-0.39, 0.29) is 18.4 Å². The molecule has 2 aromatic carbocycles. The van der Waals surface area contributed by atoms with Gasteiger partial charge in [0.05, 0.1) is 13.7 Å². The van der Waals surface area contributed by atoms with E-state index in [0.717, 1.165) is 11.1 Å². The summed E-state index contributed by atoms with van der Waals surface area (Å²) in [6.45, 7) is 6.13. The molecule has 0 aliphatic heterocycles. The Balaban J connectivity index is 1.87. The molecule has 0 aliphatic carbocycles. The number of carbonyl (C=O) groups excluding carboxylic acids is 2. The van der Waals surface area contributed by atoms with Gasteiger partial charge in [0.1, 0.15) is 6.61 Å². The van der Waals surface area contributed by atoms with Crippen molar-refractivity contribution in [1.29, 1.82) is 0 Å². The standard InChI is InChI=1S/C22H28N2O4/c1-22(2,3)21(26)24-14-20(25)23-13-17-10-11-18(19(12-17)27-4)28-15-16-8-6-5-7-9-16/h5-12H,13-15H2,1-4H3,(H,23,25)(H,24,26). The van der Waals surface area contributed by atoms with E-state index in [2.05, 4.69) is 10.6 Å². The van der Waals surface area contributed by atoms with Gasteiger partial charge in [-0.3, -0.25) is 9.59 Å². The maximum atomic E-state index is 11.9. The topological polar surface area (TPSA) is 76.7 Å². The van der Waals surface area contributed by atoms with Gasteiger partial charge in [-0.2, -0.15) is 0 Å². The van der Waals surface area contributed by atoms with Crippen LogP contribution in [-0.2, 0) is 22.7 Å². The predicted octanol–water partition coefficient (Wildman–Crippen LogP) is 3.05. The second-order valence-corrected chi connectivity index (χ2v) is 7.47. The molecule has 0 saturated heterocycles. The predicted molar refractivity (Wildman–Crippen MR) is 108 cm³/mol. The third-order valence-corrected chi connectivity index (χ3v) is 4.05. The number of rotatable bonds is 8. The number of hydrogen-bond donors (Lipinski definition) is 2. The van der Waals surface area contributed by atoms with Gasteiger partial charge in [0.25, 0.3) is 0 Å². The summed E-state index contributed by atoms with van der Waals surface area (Å²) in [7, 11) is 1.58. The molecule has 0 bridgehead atoms. The third kappa shape index (κ3) is 6.61. The Bertz CT molecular complexity index is 798. The first kappa shape index (κ1) is 21.3. The van der Waals surface area contributed by atoms with Crippen LogP contribution in [0.4, 0.5) is 0 Å². The second-order valence-electron chi connectivity index (χ2n) is 7.47. The van der Waals surface area contributed by atoms with Gasteiger partial charge in [0.15, 0.2) is 11.5 Å². The van der Waals surface area contributed by atoms with Crippen LogP contribution in [0.2, 0.25) is 0 Å². The molecule has 2 N–H and O–H groups in total. The Hall–Kier alpha value is -3.02. The molecule has 2 rings (SSSR count). The van der Waals surface area contributed by atoms with Crippen molar-refractivity contribution in [1.82, 2.24) is 10.6 Å². The lowest BCUT2D eigenvalue weighted by Gasteiger charge is -2.17. The van der Waals surface area contributed by atoms with Crippen LogP contribution in [0.25, 0.3) is 0 Å². The van der Waals surface area contributed by atoms with Crippen LogP contribution in [0.15, 0.2) is 48.5 Å². The average Bonchev–Trinajstić information content (AvgIpc) is 2.69. The highest BCUT2D eigenvalue weighted by Gasteiger charge is 2.21. The number of methoxy groups -OCH3 is 1.